The molecule has 150 valence electrons. The first-order valence-electron chi connectivity index (χ1n) is 10.1. The summed E-state index contributed by atoms with van der Waals surface area (Å²) in [6.07, 6.45) is 3.18. The summed E-state index contributed by atoms with van der Waals surface area (Å²) in [5.41, 5.74) is 5.41. The van der Waals surface area contributed by atoms with Gasteiger partial charge in [0, 0.05) is 34.7 Å². The van der Waals surface area contributed by atoms with Crippen molar-refractivity contribution in [2.24, 2.45) is 0 Å². The molecule has 1 aromatic heterocycles. The van der Waals surface area contributed by atoms with E-state index < -0.39 is 0 Å². The minimum absolute atomic E-state index is 0.103. The molecule has 2 unspecified atom stereocenters. The van der Waals surface area contributed by atoms with Crippen LogP contribution < -0.4 is 0 Å². The van der Waals surface area contributed by atoms with Crippen LogP contribution in [0.25, 0.3) is 10.9 Å². The van der Waals surface area contributed by atoms with Crippen molar-refractivity contribution in [1.29, 1.82) is 0 Å². The Balaban J connectivity index is 1.73. The van der Waals surface area contributed by atoms with Gasteiger partial charge in [-0.3, -0.25) is 9.69 Å². The summed E-state index contributed by atoms with van der Waals surface area (Å²) in [5.74, 6) is -0.103. The first-order chi connectivity index (χ1) is 13.9. The minimum Gasteiger partial charge on any atom is -0.337 e. The first kappa shape index (κ1) is 19.6. The van der Waals surface area contributed by atoms with Gasteiger partial charge in [-0.15, -0.1) is 0 Å². The van der Waals surface area contributed by atoms with Crippen LogP contribution in [0.3, 0.4) is 0 Å². The van der Waals surface area contributed by atoms with Crippen LogP contribution >= 0.6 is 0 Å². The number of fused-ring (bicyclic) bond motifs is 1. The van der Waals surface area contributed by atoms with Crippen molar-refractivity contribution in [2.75, 3.05) is 13.6 Å². The number of carbonyl (C=O) groups excluding carboxylic acids is 1. The second-order valence-electron chi connectivity index (χ2n) is 8.07. The van der Waals surface area contributed by atoms with Gasteiger partial charge in [0.2, 0.25) is 0 Å². The van der Waals surface area contributed by atoms with Crippen molar-refractivity contribution in [1.82, 2.24) is 9.47 Å². The Morgan fingerprint density at radius 2 is 1.83 bits per heavy atom. The second-order valence-corrected chi connectivity index (χ2v) is 8.07. The third-order valence-electron chi connectivity index (χ3n) is 6.29. The van der Waals surface area contributed by atoms with Crippen LogP contribution in [0, 0.1) is 12.7 Å². The molecule has 0 bridgehead atoms. The molecular weight excluding hydrogens is 363 g/mol. The van der Waals surface area contributed by atoms with E-state index >= 15 is 0 Å². The number of Topliss-reactive ketones (excluding diaryl/α,β-unsaturated/α-hetero) is 1. The molecule has 0 aliphatic carbocycles. The highest BCUT2D eigenvalue weighted by molar-refractivity contribution is 6.08. The monoisotopic (exact) mass is 390 g/mol. The molecule has 0 amide bonds. The van der Waals surface area contributed by atoms with Crippen molar-refractivity contribution in [3.63, 3.8) is 0 Å². The van der Waals surface area contributed by atoms with E-state index in [4.69, 9.17) is 0 Å². The Labute approximate surface area is 171 Å². The highest BCUT2D eigenvalue weighted by atomic mass is 19.1. The number of nitrogens with zero attached hydrogens (tertiary/aromatic N) is 2. The lowest BCUT2D eigenvalue weighted by Gasteiger charge is -2.35. The van der Waals surface area contributed by atoms with E-state index in [0.717, 1.165) is 40.7 Å². The largest absolute Gasteiger partial charge is 0.337 e. The van der Waals surface area contributed by atoms with Gasteiger partial charge in [-0.25, -0.2) is 4.39 Å². The molecule has 2 aromatic carbocycles. The van der Waals surface area contributed by atoms with Gasteiger partial charge in [0.15, 0.2) is 5.78 Å². The van der Waals surface area contributed by atoms with Gasteiger partial charge in [-0.1, -0.05) is 36.4 Å². The third-order valence-corrected chi connectivity index (χ3v) is 6.29. The fraction of sp³-hybridized carbons (Fsp3) is 0.320. The maximum Gasteiger partial charge on any atom is 0.162 e. The lowest BCUT2D eigenvalue weighted by atomic mass is 9.90. The zero-order valence-corrected chi connectivity index (χ0v) is 17.4. The molecule has 29 heavy (non-hydrogen) atoms. The fourth-order valence-corrected chi connectivity index (χ4v) is 4.75. The molecule has 0 radical (unpaired) electrons. The van der Waals surface area contributed by atoms with Crippen molar-refractivity contribution >= 4 is 16.7 Å². The Morgan fingerprint density at radius 3 is 2.52 bits per heavy atom. The summed E-state index contributed by atoms with van der Waals surface area (Å²) in [4.78, 5) is 14.6. The quantitative estimate of drug-likeness (QED) is 0.412. The molecule has 0 N–H and O–H groups in total. The molecule has 1 aliphatic heterocycles. The molecule has 1 aliphatic rings. The number of rotatable bonds is 4. The average Bonchev–Trinajstić information content (AvgIpc) is 3.00. The zero-order chi connectivity index (χ0) is 20.7. The topological polar surface area (TPSA) is 25.2 Å². The fourth-order valence-electron chi connectivity index (χ4n) is 4.75. The van der Waals surface area contributed by atoms with Gasteiger partial charge < -0.3 is 4.57 Å². The smallest absolute Gasteiger partial charge is 0.162 e. The molecule has 0 spiro atoms. The summed E-state index contributed by atoms with van der Waals surface area (Å²) < 4.78 is 15.7. The summed E-state index contributed by atoms with van der Waals surface area (Å²) in [5, 5.41) is 1.02. The lowest BCUT2D eigenvalue weighted by Crippen LogP contribution is -2.30. The molecule has 2 heterocycles. The maximum absolute atomic E-state index is 13.4. The SMILES string of the molecule is CC(=O)c1c(C)n(C(C)C2=CCN(C)C(c3ccc(F)cc3)C2)c2ccccc12. The van der Waals surface area contributed by atoms with Gasteiger partial charge in [0.1, 0.15) is 5.82 Å². The Hall–Kier alpha value is -2.72. The van der Waals surface area contributed by atoms with Crippen LogP contribution in [0.5, 0.6) is 0 Å². The van der Waals surface area contributed by atoms with Crippen LogP contribution in [0.4, 0.5) is 4.39 Å². The molecule has 0 saturated heterocycles. The van der Waals surface area contributed by atoms with Crippen molar-refractivity contribution < 1.29 is 9.18 Å². The van der Waals surface area contributed by atoms with Gasteiger partial charge in [0.25, 0.3) is 0 Å². The van der Waals surface area contributed by atoms with Gasteiger partial charge in [0.05, 0.1) is 6.04 Å². The van der Waals surface area contributed by atoms with Crippen molar-refractivity contribution in [2.45, 2.75) is 39.3 Å². The van der Waals surface area contributed by atoms with Gasteiger partial charge >= 0.3 is 0 Å². The van der Waals surface area contributed by atoms with Crippen LogP contribution in [0.1, 0.15) is 54.0 Å². The average molecular weight is 391 g/mol. The molecule has 0 saturated carbocycles. The number of aromatic nitrogens is 1. The molecule has 4 rings (SSSR count). The molecule has 0 fully saturated rings. The number of hydrogen-bond donors (Lipinski definition) is 0. The highest BCUT2D eigenvalue weighted by Crippen LogP contribution is 2.38. The Bertz CT molecular complexity index is 1090. The van der Waals surface area contributed by atoms with Crippen LogP contribution in [0.15, 0.2) is 60.2 Å². The summed E-state index contributed by atoms with van der Waals surface area (Å²) >= 11 is 0. The predicted molar refractivity (Wildman–Crippen MR) is 116 cm³/mol. The summed E-state index contributed by atoms with van der Waals surface area (Å²) in [6.45, 7) is 6.74. The molecule has 2 atom stereocenters. The van der Waals surface area contributed by atoms with E-state index in [0.29, 0.717) is 0 Å². The second kappa shape index (κ2) is 7.60. The van der Waals surface area contributed by atoms with E-state index in [-0.39, 0.29) is 23.7 Å². The van der Waals surface area contributed by atoms with Crippen LogP contribution in [-0.2, 0) is 0 Å². The molecule has 3 aromatic rings. The van der Waals surface area contributed by atoms with E-state index in [1.54, 1.807) is 6.92 Å². The summed E-state index contributed by atoms with van der Waals surface area (Å²) in [6, 6.07) is 15.3. The van der Waals surface area contributed by atoms with Gasteiger partial charge in [-0.05, 0) is 63.6 Å². The van der Waals surface area contributed by atoms with Crippen molar-refractivity contribution in [3.8, 4) is 0 Å². The lowest BCUT2D eigenvalue weighted by molar-refractivity contribution is 0.101. The third kappa shape index (κ3) is 3.42. The van der Waals surface area contributed by atoms with E-state index in [9.17, 15) is 9.18 Å². The number of hydrogen-bond acceptors (Lipinski definition) is 2. The van der Waals surface area contributed by atoms with Crippen LogP contribution in [0.2, 0.25) is 0 Å². The standard InChI is InChI=1S/C25H27FN2O/c1-16(28-17(2)25(18(3)29)22-7-5-6-8-23(22)28)20-13-14-27(4)24(15-20)19-9-11-21(26)12-10-19/h5-13,16,24H,14-15H2,1-4H3. The Morgan fingerprint density at radius 1 is 1.14 bits per heavy atom. The van der Waals surface area contributed by atoms with E-state index in [2.05, 4.69) is 35.6 Å². The molecular formula is C25H27FN2O. The number of carbonyl (C=O) groups is 1. The van der Waals surface area contributed by atoms with Gasteiger partial charge in [-0.2, -0.15) is 0 Å². The number of ketones is 1. The normalized spacial score (nSPS) is 18.7. The summed E-state index contributed by atoms with van der Waals surface area (Å²) in [7, 11) is 2.11. The van der Waals surface area contributed by atoms with Crippen LogP contribution in [-0.4, -0.2) is 28.8 Å². The number of benzene rings is 2. The molecule has 3 nitrogen and oxygen atoms in total. The maximum atomic E-state index is 13.4. The van der Waals surface area contributed by atoms with E-state index in [1.807, 2.05) is 37.3 Å². The van der Waals surface area contributed by atoms with E-state index in [1.165, 1.54) is 17.7 Å². The highest BCUT2D eigenvalue weighted by Gasteiger charge is 2.27. The minimum atomic E-state index is -0.206. The Kier molecular flexibility index (Phi) is 5.13. The number of likely N-dealkylation sites (N-methyl/N-ethyl adjacent to an activating group) is 1. The predicted octanol–water partition coefficient (Wildman–Crippen LogP) is 5.86. The zero-order valence-electron chi connectivity index (χ0n) is 17.4. The van der Waals surface area contributed by atoms with Crippen molar-refractivity contribution in [3.05, 3.63) is 82.8 Å². The molecule has 4 heteroatoms. The number of halogens is 1. The number of para-hydroxylation sites is 1. The first-order valence-corrected chi connectivity index (χ1v) is 10.1.